The first-order chi connectivity index (χ1) is 7.15. The lowest BCUT2D eigenvalue weighted by Crippen LogP contribution is -2.33. The summed E-state index contributed by atoms with van der Waals surface area (Å²) in [7, 11) is 0. The molecule has 0 aliphatic heterocycles. The Hall–Kier alpha value is -1.16. The Kier molecular flexibility index (Phi) is 4.49. The highest BCUT2D eigenvalue weighted by Crippen LogP contribution is 2.14. The SMILES string of the molecule is Cc1cnnc(N(CCCO)C(C)C)c1. The fourth-order valence-corrected chi connectivity index (χ4v) is 1.47. The van der Waals surface area contributed by atoms with Crippen LogP contribution in [0.2, 0.25) is 0 Å². The Labute approximate surface area is 90.9 Å². The lowest BCUT2D eigenvalue weighted by molar-refractivity contribution is 0.288. The van der Waals surface area contributed by atoms with E-state index in [2.05, 4.69) is 28.9 Å². The zero-order valence-corrected chi connectivity index (χ0v) is 9.64. The topological polar surface area (TPSA) is 49.2 Å². The van der Waals surface area contributed by atoms with E-state index in [-0.39, 0.29) is 6.61 Å². The number of hydrogen-bond acceptors (Lipinski definition) is 4. The minimum Gasteiger partial charge on any atom is -0.396 e. The third kappa shape index (κ3) is 3.47. The Balaban J connectivity index is 2.79. The molecule has 0 amide bonds. The fourth-order valence-electron chi connectivity index (χ4n) is 1.47. The van der Waals surface area contributed by atoms with Gasteiger partial charge >= 0.3 is 0 Å². The highest BCUT2D eigenvalue weighted by atomic mass is 16.3. The maximum atomic E-state index is 8.84. The molecule has 0 atom stereocenters. The van der Waals surface area contributed by atoms with Crippen LogP contribution < -0.4 is 4.90 Å². The summed E-state index contributed by atoms with van der Waals surface area (Å²) in [6.07, 6.45) is 2.50. The molecular weight excluding hydrogens is 190 g/mol. The molecule has 0 aromatic carbocycles. The molecule has 0 spiro atoms. The lowest BCUT2D eigenvalue weighted by Gasteiger charge is -2.27. The van der Waals surface area contributed by atoms with Crippen LogP contribution in [-0.4, -0.2) is 34.5 Å². The van der Waals surface area contributed by atoms with Gasteiger partial charge in [-0.2, -0.15) is 5.10 Å². The summed E-state index contributed by atoms with van der Waals surface area (Å²) in [5, 5.41) is 16.9. The van der Waals surface area contributed by atoms with Crippen LogP contribution in [0, 0.1) is 6.92 Å². The zero-order chi connectivity index (χ0) is 11.3. The first kappa shape index (κ1) is 11.9. The lowest BCUT2D eigenvalue weighted by atomic mass is 10.2. The summed E-state index contributed by atoms with van der Waals surface area (Å²) in [6, 6.07) is 2.39. The Morgan fingerprint density at radius 1 is 1.47 bits per heavy atom. The van der Waals surface area contributed by atoms with E-state index in [1.165, 1.54) is 0 Å². The summed E-state index contributed by atoms with van der Waals surface area (Å²) in [5.74, 6) is 0.887. The van der Waals surface area contributed by atoms with E-state index in [4.69, 9.17) is 5.11 Å². The largest absolute Gasteiger partial charge is 0.396 e. The molecule has 0 saturated heterocycles. The molecule has 1 rings (SSSR count). The van der Waals surface area contributed by atoms with E-state index < -0.39 is 0 Å². The molecule has 0 saturated carbocycles. The number of aromatic nitrogens is 2. The van der Waals surface area contributed by atoms with E-state index in [1.54, 1.807) is 6.20 Å². The molecule has 1 N–H and O–H groups in total. The molecular formula is C11H19N3O. The van der Waals surface area contributed by atoms with Crippen molar-refractivity contribution in [2.75, 3.05) is 18.1 Å². The number of aliphatic hydroxyl groups is 1. The van der Waals surface area contributed by atoms with Gasteiger partial charge in [0, 0.05) is 19.2 Å². The molecule has 0 unspecified atom stereocenters. The highest BCUT2D eigenvalue weighted by Gasteiger charge is 2.11. The second-order valence-electron chi connectivity index (χ2n) is 3.96. The average molecular weight is 209 g/mol. The van der Waals surface area contributed by atoms with Gasteiger partial charge in [-0.25, -0.2) is 0 Å². The van der Waals surface area contributed by atoms with Crippen LogP contribution in [0.1, 0.15) is 25.8 Å². The Morgan fingerprint density at radius 3 is 2.73 bits per heavy atom. The summed E-state index contributed by atoms with van der Waals surface area (Å²) < 4.78 is 0. The second kappa shape index (κ2) is 5.66. The van der Waals surface area contributed by atoms with Crippen LogP contribution in [0.3, 0.4) is 0 Å². The number of rotatable bonds is 5. The van der Waals surface area contributed by atoms with Crippen molar-refractivity contribution < 1.29 is 5.11 Å². The first-order valence-corrected chi connectivity index (χ1v) is 5.32. The molecule has 84 valence electrons. The fraction of sp³-hybridized carbons (Fsp3) is 0.636. The number of nitrogens with zero attached hydrogens (tertiary/aromatic N) is 3. The molecule has 0 aliphatic carbocycles. The van der Waals surface area contributed by atoms with Crippen molar-refractivity contribution in [3.8, 4) is 0 Å². The van der Waals surface area contributed by atoms with E-state index in [9.17, 15) is 0 Å². The van der Waals surface area contributed by atoms with Gasteiger partial charge in [0.05, 0.1) is 6.20 Å². The molecule has 1 heterocycles. The van der Waals surface area contributed by atoms with Crippen molar-refractivity contribution in [1.29, 1.82) is 0 Å². The summed E-state index contributed by atoms with van der Waals surface area (Å²) in [4.78, 5) is 2.15. The van der Waals surface area contributed by atoms with E-state index in [0.29, 0.717) is 6.04 Å². The molecule has 0 radical (unpaired) electrons. The molecule has 4 nitrogen and oxygen atoms in total. The summed E-state index contributed by atoms with van der Waals surface area (Å²) in [5.41, 5.74) is 1.11. The predicted octanol–water partition coefficient (Wildman–Crippen LogP) is 1.38. The van der Waals surface area contributed by atoms with Crippen LogP contribution in [0.25, 0.3) is 0 Å². The first-order valence-electron chi connectivity index (χ1n) is 5.32. The Bertz CT molecular complexity index is 302. The van der Waals surface area contributed by atoms with Crippen molar-refractivity contribution in [2.45, 2.75) is 33.2 Å². The van der Waals surface area contributed by atoms with Crippen LogP contribution >= 0.6 is 0 Å². The van der Waals surface area contributed by atoms with Gasteiger partial charge in [-0.05, 0) is 38.8 Å². The molecule has 0 fully saturated rings. The maximum absolute atomic E-state index is 8.84. The normalized spacial score (nSPS) is 10.7. The summed E-state index contributed by atoms with van der Waals surface area (Å²) >= 11 is 0. The third-order valence-corrected chi connectivity index (χ3v) is 2.25. The van der Waals surface area contributed by atoms with Gasteiger partial charge in [-0.3, -0.25) is 0 Å². The molecule has 4 heteroatoms. The average Bonchev–Trinajstić information content (AvgIpc) is 2.18. The van der Waals surface area contributed by atoms with Crippen LogP contribution in [0.15, 0.2) is 12.3 Å². The van der Waals surface area contributed by atoms with Crippen molar-refractivity contribution in [2.24, 2.45) is 0 Å². The van der Waals surface area contributed by atoms with Crippen LogP contribution in [0.4, 0.5) is 5.82 Å². The second-order valence-corrected chi connectivity index (χ2v) is 3.96. The van der Waals surface area contributed by atoms with Crippen molar-refractivity contribution >= 4 is 5.82 Å². The van der Waals surface area contributed by atoms with Gasteiger partial charge in [-0.15, -0.1) is 5.10 Å². The van der Waals surface area contributed by atoms with Gasteiger partial charge in [0.25, 0.3) is 0 Å². The summed E-state index contributed by atoms with van der Waals surface area (Å²) in [6.45, 7) is 7.25. The van der Waals surface area contributed by atoms with Crippen molar-refractivity contribution in [3.05, 3.63) is 17.8 Å². The highest BCUT2D eigenvalue weighted by molar-refractivity contribution is 5.39. The van der Waals surface area contributed by atoms with E-state index in [0.717, 1.165) is 24.3 Å². The van der Waals surface area contributed by atoms with Crippen LogP contribution in [0.5, 0.6) is 0 Å². The van der Waals surface area contributed by atoms with E-state index in [1.807, 2.05) is 13.0 Å². The van der Waals surface area contributed by atoms with Crippen LogP contribution in [-0.2, 0) is 0 Å². The molecule has 0 aliphatic rings. The number of anilines is 1. The molecule has 1 aromatic rings. The quantitative estimate of drug-likeness (QED) is 0.796. The van der Waals surface area contributed by atoms with E-state index >= 15 is 0 Å². The van der Waals surface area contributed by atoms with Gasteiger partial charge in [0.15, 0.2) is 5.82 Å². The molecule has 1 aromatic heterocycles. The molecule has 0 bridgehead atoms. The Morgan fingerprint density at radius 2 is 2.20 bits per heavy atom. The zero-order valence-electron chi connectivity index (χ0n) is 9.64. The van der Waals surface area contributed by atoms with Gasteiger partial charge in [-0.1, -0.05) is 0 Å². The van der Waals surface area contributed by atoms with Gasteiger partial charge in [0.2, 0.25) is 0 Å². The number of hydrogen-bond donors (Lipinski definition) is 1. The maximum Gasteiger partial charge on any atom is 0.151 e. The monoisotopic (exact) mass is 209 g/mol. The predicted molar refractivity (Wildman–Crippen MR) is 61.0 cm³/mol. The number of aliphatic hydroxyl groups excluding tert-OH is 1. The van der Waals surface area contributed by atoms with Crippen molar-refractivity contribution in [3.63, 3.8) is 0 Å². The van der Waals surface area contributed by atoms with Gasteiger partial charge in [0.1, 0.15) is 0 Å². The standard InChI is InChI=1S/C11H19N3O/c1-9(2)14(5-4-6-15)11-7-10(3)8-12-13-11/h7-9,15H,4-6H2,1-3H3. The smallest absolute Gasteiger partial charge is 0.151 e. The minimum atomic E-state index is 0.211. The minimum absolute atomic E-state index is 0.211. The number of aryl methyl sites for hydroxylation is 1. The molecule has 15 heavy (non-hydrogen) atoms. The third-order valence-electron chi connectivity index (χ3n) is 2.25. The van der Waals surface area contributed by atoms with Gasteiger partial charge < -0.3 is 10.0 Å². The van der Waals surface area contributed by atoms with Crippen molar-refractivity contribution in [1.82, 2.24) is 10.2 Å².